The highest BCUT2D eigenvalue weighted by atomic mass is 32.1. The molecular formula is C22H17F6N5OS. The topological polar surface area (TPSA) is 72.8 Å². The van der Waals surface area contributed by atoms with Gasteiger partial charge >= 0.3 is 12.4 Å². The molecule has 0 spiro atoms. The Morgan fingerprint density at radius 3 is 2.43 bits per heavy atom. The number of hydrogen-bond acceptors (Lipinski definition) is 7. The smallest absolute Gasteiger partial charge is 0.427 e. The summed E-state index contributed by atoms with van der Waals surface area (Å²) in [5.41, 5.74) is 0.822. The van der Waals surface area contributed by atoms with Gasteiger partial charge in [0, 0.05) is 11.1 Å². The van der Waals surface area contributed by atoms with Gasteiger partial charge in [-0.3, -0.25) is 0 Å². The maximum Gasteiger partial charge on any atom is 0.427 e. The molecule has 13 heteroatoms. The van der Waals surface area contributed by atoms with Crippen LogP contribution in [0.25, 0.3) is 22.4 Å². The van der Waals surface area contributed by atoms with Gasteiger partial charge in [-0.25, -0.2) is 15.0 Å². The third-order valence-electron chi connectivity index (χ3n) is 4.74. The number of anilines is 2. The van der Waals surface area contributed by atoms with Crippen molar-refractivity contribution in [2.75, 3.05) is 11.9 Å². The fourth-order valence-electron chi connectivity index (χ4n) is 3.27. The summed E-state index contributed by atoms with van der Waals surface area (Å²) in [5, 5.41) is 3.37. The van der Waals surface area contributed by atoms with Crippen LogP contribution in [0.1, 0.15) is 29.5 Å². The van der Waals surface area contributed by atoms with Gasteiger partial charge in [0.15, 0.2) is 5.65 Å². The van der Waals surface area contributed by atoms with Crippen LogP contribution in [0.4, 0.5) is 37.8 Å². The first-order valence-electron chi connectivity index (χ1n) is 10.2. The zero-order valence-corrected chi connectivity index (χ0v) is 19.1. The number of thiazole rings is 1. The second kappa shape index (κ2) is 9.29. The molecule has 35 heavy (non-hydrogen) atoms. The van der Waals surface area contributed by atoms with Crippen molar-refractivity contribution in [1.82, 2.24) is 19.9 Å². The highest BCUT2D eigenvalue weighted by Gasteiger charge is 2.37. The van der Waals surface area contributed by atoms with E-state index in [0.29, 0.717) is 34.5 Å². The highest BCUT2D eigenvalue weighted by Crippen LogP contribution is 2.40. The minimum absolute atomic E-state index is 0.00182. The standard InChI is InChI=1S/C22H17F6N5OS/c1-3-8-34-20-13(21(23,24)25)5-7-16(33-20)31-15-9-11(2)30-19-12(15)4-6-14(32-19)17-18(22(26,27)28)35-10-29-17/h4-7,9-10H,3,8H2,1-2H3,(H,30,31,32,33). The third kappa shape index (κ3) is 5.29. The summed E-state index contributed by atoms with van der Waals surface area (Å²) in [6.07, 6.45) is -8.72. The molecule has 0 saturated carbocycles. The van der Waals surface area contributed by atoms with E-state index in [0.717, 1.165) is 17.6 Å². The van der Waals surface area contributed by atoms with Crippen LogP contribution in [-0.2, 0) is 12.4 Å². The van der Waals surface area contributed by atoms with E-state index in [2.05, 4.69) is 25.3 Å². The zero-order valence-electron chi connectivity index (χ0n) is 18.3. The molecule has 4 rings (SSSR count). The van der Waals surface area contributed by atoms with E-state index in [1.165, 1.54) is 12.1 Å². The maximum atomic E-state index is 13.3. The van der Waals surface area contributed by atoms with E-state index in [4.69, 9.17) is 4.74 Å². The molecule has 4 aromatic heterocycles. The van der Waals surface area contributed by atoms with E-state index < -0.39 is 28.7 Å². The van der Waals surface area contributed by atoms with Gasteiger partial charge in [0.2, 0.25) is 5.88 Å². The van der Waals surface area contributed by atoms with Crippen molar-refractivity contribution in [3.63, 3.8) is 0 Å². The Morgan fingerprint density at radius 1 is 0.971 bits per heavy atom. The predicted molar refractivity (Wildman–Crippen MR) is 119 cm³/mol. The van der Waals surface area contributed by atoms with Crippen LogP contribution in [0.3, 0.4) is 0 Å². The zero-order chi connectivity index (χ0) is 25.4. The summed E-state index contributed by atoms with van der Waals surface area (Å²) in [7, 11) is 0. The first-order chi connectivity index (χ1) is 16.5. The third-order valence-corrected chi connectivity index (χ3v) is 5.61. The molecule has 0 aliphatic heterocycles. The molecule has 0 saturated heterocycles. The molecule has 0 bridgehead atoms. The fraction of sp³-hybridized carbons (Fsp3) is 0.273. The molecule has 0 fully saturated rings. The Kier molecular flexibility index (Phi) is 6.54. The number of aryl methyl sites for hydroxylation is 1. The average Bonchev–Trinajstić information content (AvgIpc) is 3.27. The monoisotopic (exact) mass is 513 g/mol. The lowest BCUT2D eigenvalue weighted by atomic mass is 10.1. The quantitative estimate of drug-likeness (QED) is 0.279. The minimum atomic E-state index is -4.64. The van der Waals surface area contributed by atoms with Crippen LogP contribution in [0, 0.1) is 6.92 Å². The molecular weight excluding hydrogens is 496 g/mol. The second-order valence-corrected chi connectivity index (χ2v) is 8.28. The normalized spacial score (nSPS) is 12.2. The van der Waals surface area contributed by atoms with Crippen molar-refractivity contribution in [2.24, 2.45) is 0 Å². The first kappa shape index (κ1) is 24.6. The Balaban J connectivity index is 1.74. The average molecular weight is 513 g/mol. The number of ether oxygens (including phenoxy) is 1. The van der Waals surface area contributed by atoms with E-state index in [-0.39, 0.29) is 29.5 Å². The maximum absolute atomic E-state index is 13.3. The summed E-state index contributed by atoms with van der Waals surface area (Å²) in [6.45, 7) is 3.46. The van der Waals surface area contributed by atoms with Crippen LogP contribution in [0.15, 0.2) is 35.8 Å². The van der Waals surface area contributed by atoms with E-state index in [9.17, 15) is 26.3 Å². The summed E-state index contributed by atoms with van der Waals surface area (Å²) < 4.78 is 85.0. The van der Waals surface area contributed by atoms with Crippen LogP contribution in [0.5, 0.6) is 5.88 Å². The Hall–Kier alpha value is -3.48. The number of pyridine rings is 3. The van der Waals surface area contributed by atoms with E-state index >= 15 is 0 Å². The van der Waals surface area contributed by atoms with Gasteiger partial charge in [-0.2, -0.15) is 31.3 Å². The molecule has 184 valence electrons. The van der Waals surface area contributed by atoms with Crippen LogP contribution in [-0.4, -0.2) is 26.5 Å². The van der Waals surface area contributed by atoms with Crippen molar-refractivity contribution in [2.45, 2.75) is 32.6 Å². The van der Waals surface area contributed by atoms with Crippen LogP contribution >= 0.6 is 11.3 Å². The lowest BCUT2D eigenvalue weighted by molar-refractivity contribution is -0.139. The van der Waals surface area contributed by atoms with Crippen molar-refractivity contribution >= 4 is 33.9 Å². The molecule has 0 aromatic carbocycles. The van der Waals surface area contributed by atoms with Crippen molar-refractivity contribution in [3.05, 3.63) is 52.0 Å². The van der Waals surface area contributed by atoms with Gasteiger partial charge in [-0.05, 0) is 43.7 Å². The Morgan fingerprint density at radius 2 is 1.74 bits per heavy atom. The number of nitrogens with zero attached hydrogens (tertiary/aromatic N) is 4. The molecule has 0 aliphatic carbocycles. The lowest BCUT2D eigenvalue weighted by Gasteiger charge is -2.15. The molecule has 4 heterocycles. The molecule has 0 radical (unpaired) electrons. The number of alkyl halides is 6. The summed E-state index contributed by atoms with van der Waals surface area (Å²) >= 11 is 0.465. The van der Waals surface area contributed by atoms with E-state index in [1.54, 1.807) is 19.9 Å². The molecule has 0 aliphatic rings. The van der Waals surface area contributed by atoms with Gasteiger partial charge in [-0.1, -0.05) is 6.92 Å². The molecule has 1 N–H and O–H groups in total. The number of fused-ring (bicyclic) bond motifs is 1. The van der Waals surface area contributed by atoms with Crippen molar-refractivity contribution in [1.29, 1.82) is 0 Å². The highest BCUT2D eigenvalue weighted by molar-refractivity contribution is 7.10. The minimum Gasteiger partial charge on any atom is -0.477 e. The first-order valence-corrected chi connectivity index (χ1v) is 11.1. The number of halogens is 6. The van der Waals surface area contributed by atoms with E-state index in [1.807, 2.05) is 0 Å². The lowest BCUT2D eigenvalue weighted by Crippen LogP contribution is -2.11. The Labute approximate surface area is 199 Å². The van der Waals surface area contributed by atoms with Gasteiger partial charge in [0.05, 0.1) is 23.5 Å². The van der Waals surface area contributed by atoms with Crippen molar-refractivity contribution in [3.8, 4) is 17.3 Å². The summed E-state index contributed by atoms with van der Waals surface area (Å²) in [4.78, 5) is 15.5. The number of rotatable bonds is 6. The van der Waals surface area contributed by atoms with Gasteiger partial charge in [-0.15, -0.1) is 11.3 Å². The predicted octanol–water partition coefficient (Wildman–Crippen LogP) is 7.03. The molecule has 0 unspecified atom stereocenters. The molecule has 6 nitrogen and oxygen atoms in total. The van der Waals surface area contributed by atoms with Crippen LogP contribution < -0.4 is 10.1 Å². The SMILES string of the molecule is CCCOc1nc(Nc2cc(C)nc3nc(-c4ncsc4C(F)(F)F)ccc23)ccc1C(F)(F)F. The molecule has 4 aromatic rings. The van der Waals surface area contributed by atoms with Gasteiger partial charge in [0.25, 0.3) is 0 Å². The number of hydrogen-bond donors (Lipinski definition) is 1. The summed E-state index contributed by atoms with van der Waals surface area (Å²) in [6, 6.07) is 6.55. The van der Waals surface area contributed by atoms with Gasteiger partial charge in [0.1, 0.15) is 22.0 Å². The van der Waals surface area contributed by atoms with Gasteiger partial charge < -0.3 is 10.1 Å². The molecule has 0 atom stereocenters. The largest absolute Gasteiger partial charge is 0.477 e. The van der Waals surface area contributed by atoms with Crippen molar-refractivity contribution < 1.29 is 31.1 Å². The number of nitrogens with one attached hydrogen (secondary N) is 1. The molecule has 0 amide bonds. The number of aromatic nitrogens is 4. The fourth-order valence-corrected chi connectivity index (χ4v) is 3.93. The summed E-state index contributed by atoms with van der Waals surface area (Å²) in [5.74, 6) is -0.470. The second-order valence-electron chi connectivity index (χ2n) is 7.43. The van der Waals surface area contributed by atoms with Crippen LogP contribution in [0.2, 0.25) is 0 Å². The Bertz CT molecular complexity index is 1370.